The molecule has 0 unspecified atom stereocenters. The van der Waals surface area contributed by atoms with Gasteiger partial charge in [0.1, 0.15) is 11.6 Å². The van der Waals surface area contributed by atoms with E-state index in [9.17, 15) is 4.79 Å². The summed E-state index contributed by atoms with van der Waals surface area (Å²) in [6.45, 7) is 2.73. The first-order valence-corrected chi connectivity index (χ1v) is 8.56. The van der Waals surface area contributed by atoms with Crippen molar-refractivity contribution in [2.45, 2.75) is 13.3 Å². The second-order valence-corrected chi connectivity index (χ2v) is 6.25. The molecule has 0 aliphatic carbocycles. The molecule has 3 aromatic rings. The average Bonchev–Trinajstić information content (AvgIpc) is 2.59. The number of H-pyrrole nitrogens is 1. The molecule has 3 rings (SSSR count). The zero-order chi connectivity index (χ0) is 16.9. The topological polar surface area (TPSA) is 55.0 Å². The summed E-state index contributed by atoms with van der Waals surface area (Å²) in [5.41, 5.74) is 1.46. The van der Waals surface area contributed by atoms with E-state index in [1.165, 1.54) is 0 Å². The van der Waals surface area contributed by atoms with Crippen LogP contribution < -0.4 is 10.3 Å². The molecular weight excluding hydrogens is 368 g/mol. The SMILES string of the molecule is CCCOc1ccc(Br)cc1/C=C/c1nc2ccccc2c(=O)[nH]1. The normalized spacial score (nSPS) is 11.2. The van der Waals surface area contributed by atoms with Crippen molar-refractivity contribution in [3.63, 3.8) is 0 Å². The highest BCUT2D eigenvalue weighted by Crippen LogP contribution is 2.25. The Bertz CT molecular complexity index is 947. The fourth-order valence-corrected chi connectivity index (χ4v) is 2.72. The van der Waals surface area contributed by atoms with Gasteiger partial charge in [-0.25, -0.2) is 4.98 Å². The van der Waals surface area contributed by atoms with E-state index in [1.54, 1.807) is 12.1 Å². The maximum Gasteiger partial charge on any atom is 0.259 e. The Kier molecular flexibility index (Phi) is 5.11. The van der Waals surface area contributed by atoms with Crippen LogP contribution in [0.5, 0.6) is 5.75 Å². The number of fused-ring (bicyclic) bond motifs is 1. The molecule has 4 nitrogen and oxygen atoms in total. The number of halogens is 1. The van der Waals surface area contributed by atoms with Gasteiger partial charge in [0.05, 0.1) is 17.5 Å². The molecule has 0 aliphatic heterocycles. The highest BCUT2D eigenvalue weighted by molar-refractivity contribution is 9.10. The Hall–Kier alpha value is -2.40. The average molecular weight is 385 g/mol. The summed E-state index contributed by atoms with van der Waals surface area (Å²) in [5, 5.41) is 0.587. The van der Waals surface area contributed by atoms with Gasteiger partial charge in [0.2, 0.25) is 0 Å². The molecule has 1 N–H and O–H groups in total. The van der Waals surface area contributed by atoms with Gasteiger partial charge < -0.3 is 9.72 Å². The number of hydrogen-bond donors (Lipinski definition) is 1. The van der Waals surface area contributed by atoms with Crippen LogP contribution >= 0.6 is 15.9 Å². The van der Waals surface area contributed by atoms with E-state index in [0.717, 1.165) is 22.2 Å². The number of aromatic nitrogens is 2. The summed E-state index contributed by atoms with van der Waals surface area (Å²) < 4.78 is 6.72. The zero-order valence-corrected chi connectivity index (χ0v) is 14.8. The Morgan fingerprint density at radius 3 is 2.88 bits per heavy atom. The van der Waals surface area contributed by atoms with E-state index in [0.29, 0.717) is 23.3 Å². The summed E-state index contributed by atoms with van der Waals surface area (Å²) in [5.74, 6) is 1.32. The van der Waals surface area contributed by atoms with Crippen molar-refractivity contribution >= 4 is 39.0 Å². The second kappa shape index (κ2) is 7.45. The molecule has 0 saturated carbocycles. The molecule has 122 valence electrons. The van der Waals surface area contributed by atoms with E-state index < -0.39 is 0 Å². The minimum absolute atomic E-state index is 0.142. The number of ether oxygens (including phenoxy) is 1. The third-order valence-electron chi connectivity index (χ3n) is 3.49. The van der Waals surface area contributed by atoms with Gasteiger partial charge in [-0.2, -0.15) is 0 Å². The van der Waals surface area contributed by atoms with Gasteiger partial charge in [-0.1, -0.05) is 35.0 Å². The quantitative estimate of drug-likeness (QED) is 0.696. The molecule has 1 aromatic heterocycles. The molecule has 0 amide bonds. The maximum atomic E-state index is 12.1. The third-order valence-corrected chi connectivity index (χ3v) is 3.98. The van der Waals surface area contributed by atoms with E-state index in [-0.39, 0.29) is 5.56 Å². The number of aromatic amines is 1. The summed E-state index contributed by atoms with van der Waals surface area (Å²) >= 11 is 3.47. The summed E-state index contributed by atoms with van der Waals surface area (Å²) in [6, 6.07) is 13.1. The van der Waals surface area contributed by atoms with Crippen LogP contribution in [0.3, 0.4) is 0 Å². The number of nitrogens with one attached hydrogen (secondary N) is 1. The van der Waals surface area contributed by atoms with Crippen LogP contribution in [0.2, 0.25) is 0 Å². The van der Waals surface area contributed by atoms with Gasteiger partial charge in [-0.15, -0.1) is 0 Å². The van der Waals surface area contributed by atoms with Crippen LogP contribution in [0.15, 0.2) is 51.7 Å². The first-order valence-electron chi connectivity index (χ1n) is 7.77. The lowest BCUT2D eigenvalue weighted by molar-refractivity contribution is 0.317. The smallest absolute Gasteiger partial charge is 0.259 e. The number of nitrogens with zero attached hydrogens (tertiary/aromatic N) is 1. The van der Waals surface area contributed by atoms with Crippen molar-refractivity contribution in [1.82, 2.24) is 9.97 Å². The van der Waals surface area contributed by atoms with Gasteiger partial charge in [-0.05, 0) is 48.9 Å². The van der Waals surface area contributed by atoms with E-state index in [1.807, 2.05) is 42.5 Å². The van der Waals surface area contributed by atoms with Crippen molar-refractivity contribution < 1.29 is 4.74 Å². The molecule has 24 heavy (non-hydrogen) atoms. The second-order valence-electron chi connectivity index (χ2n) is 5.33. The number of hydrogen-bond acceptors (Lipinski definition) is 3. The largest absolute Gasteiger partial charge is 0.493 e. The predicted molar refractivity (Wildman–Crippen MR) is 101 cm³/mol. The molecule has 1 heterocycles. The summed E-state index contributed by atoms with van der Waals surface area (Å²) in [7, 11) is 0. The van der Waals surface area contributed by atoms with Crippen LogP contribution in [-0.4, -0.2) is 16.6 Å². The Morgan fingerprint density at radius 1 is 1.21 bits per heavy atom. The first-order chi connectivity index (χ1) is 11.7. The molecule has 0 aliphatic rings. The van der Waals surface area contributed by atoms with Gasteiger partial charge in [-0.3, -0.25) is 4.79 Å². The van der Waals surface area contributed by atoms with E-state index >= 15 is 0 Å². The van der Waals surface area contributed by atoms with E-state index in [4.69, 9.17) is 4.74 Å². The standard InChI is InChI=1S/C19H17BrN2O2/c1-2-11-24-17-9-8-14(20)12-13(17)7-10-18-21-16-6-4-3-5-15(16)19(23)22-18/h3-10,12H,2,11H2,1H3,(H,21,22,23)/b10-7+. The molecule has 0 bridgehead atoms. The molecule has 0 spiro atoms. The molecule has 0 saturated heterocycles. The maximum absolute atomic E-state index is 12.1. The minimum Gasteiger partial charge on any atom is -0.493 e. The molecule has 5 heteroatoms. The lowest BCUT2D eigenvalue weighted by atomic mass is 10.2. The number of rotatable bonds is 5. The van der Waals surface area contributed by atoms with Crippen molar-refractivity contribution in [3.05, 3.63) is 68.7 Å². The van der Waals surface area contributed by atoms with Crippen LogP contribution in [0, 0.1) is 0 Å². The third kappa shape index (κ3) is 3.74. The minimum atomic E-state index is -0.142. The number of para-hydroxylation sites is 1. The Morgan fingerprint density at radius 2 is 2.04 bits per heavy atom. The highest BCUT2D eigenvalue weighted by Gasteiger charge is 2.04. The monoisotopic (exact) mass is 384 g/mol. The molecular formula is C19H17BrN2O2. The summed E-state index contributed by atoms with van der Waals surface area (Å²) in [6.07, 6.45) is 4.62. The van der Waals surface area contributed by atoms with Gasteiger partial charge >= 0.3 is 0 Å². The molecule has 0 fully saturated rings. The summed E-state index contributed by atoms with van der Waals surface area (Å²) in [4.78, 5) is 19.4. The van der Waals surface area contributed by atoms with Crippen LogP contribution in [-0.2, 0) is 0 Å². The van der Waals surface area contributed by atoms with Crippen molar-refractivity contribution in [3.8, 4) is 5.75 Å². The highest BCUT2D eigenvalue weighted by atomic mass is 79.9. The van der Waals surface area contributed by atoms with Crippen molar-refractivity contribution in [1.29, 1.82) is 0 Å². The number of benzene rings is 2. The Balaban J connectivity index is 1.96. The van der Waals surface area contributed by atoms with Gasteiger partial charge in [0, 0.05) is 10.0 Å². The fraction of sp³-hybridized carbons (Fsp3) is 0.158. The van der Waals surface area contributed by atoms with E-state index in [2.05, 4.69) is 32.8 Å². The van der Waals surface area contributed by atoms with Crippen molar-refractivity contribution in [2.75, 3.05) is 6.61 Å². The van der Waals surface area contributed by atoms with Gasteiger partial charge in [0.15, 0.2) is 0 Å². The van der Waals surface area contributed by atoms with Gasteiger partial charge in [0.25, 0.3) is 5.56 Å². The van der Waals surface area contributed by atoms with Crippen LogP contribution in [0.25, 0.3) is 23.1 Å². The predicted octanol–water partition coefficient (Wildman–Crippen LogP) is 4.64. The zero-order valence-electron chi connectivity index (χ0n) is 13.3. The van der Waals surface area contributed by atoms with Crippen molar-refractivity contribution in [2.24, 2.45) is 0 Å². The first kappa shape index (κ1) is 16.5. The lowest BCUT2D eigenvalue weighted by Crippen LogP contribution is -2.09. The Labute approximate surface area is 148 Å². The fourth-order valence-electron chi connectivity index (χ4n) is 2.35. The molecule has 0 radical (unpaired) electrons. The molecule has 2 aromatic carbocycles. The lowest BCUT2D eigenvalue weighted by Gasteiger charge is -2.08. The molecule has 0 atom stereocenters. The van der Waals surface area contributed by atoms with Crippen LogP contribution in [0.4, 0.5) is 0 Å². The van der Waals surface area contributed by atoms with Crippen LogP contribution in [0.1, 0.15) is 24.7 Å².